The van der Waals surface area contributed by atoms with Gasteiger partial charge in [-0.05, 0) is 50.2 Å². The molecule has 0 radical (unpaired) electrons. The molecule has 0 saturated carbocycles. The molecule has 0 bridgehead atoms. The molecule has 1 amide bonds. The largest absolute Gasteiger partial charge is 0.390 e. The number of rotatable bonds is 1. The zero-order valence-electron chi connectivity index (χ0n) is 14.5. The Morgan fingerprint density at radius 2 is 1.96 bits per heavy atom. The van der Waals surface area contributed by atoms with Crippen molar-refractivity contribution < 1.29 is 19.7 Å². The van der Waals surface area contributed by atoms with E-state index in [-0.39, 0.29) is 12.5 Å². The van der Waals surface area contributed by atoms with Crippen LogP contribution in [0.2, 0.25) is 0 Å². The van der Waals surface area contributed by atoms with Gasteiger partial charge in [0.05, 0.1) is 23.9 Å². The summed E-state index contributed by atoms with van der Waals surface area (Å²) in [4.78, 5) is 19.2. The lowest BCUT2D eigenvalue weighted by Crippen LogP contribution is -2.55. The molecule has 1 aromatic rings. The molecule has 2 aliphatic heterocycles. The van der Waals surface area contributed by atoms with Crippen molar-refractivity contribution in [3.63, 3.8) is 0 Å². The number of aryl methyl sites for hydroxylation is 2. The van der Waals surface area contributed by atoms with Gasteiger partial charge in [-0.2, -0.15) is 0 Å². The number of carbonyl (C=O) groups excluding carboxylic acids is 1. The maximum Gasteiger partial charge on any atom is 0.255 e. The highest BCUT2D eigenvalue weighted by Crippen LogP contribution is 2.35. The van der Waals surface area contributed by atoms with Gasteiger partial charge in [0.2, 0.25) is 0 Å². The van der Waals surface area contributed by atoms with Crippen LogP contribution in [0.25, 0.3) is 0 Å². The van der Waals surface area contributed by atoms with Crippen molar-refractivity contribution >= 4 is 5.91 Å². The Balaban J connectivity index is 1.41. The van der Waals surface area contributed by atoms with Crippen LogP contribution in [0.5, 0.6) is 0 Å². The molecule has 3 heterocycles. The summed E-state index contributed by atoms with van der Waals surface area (Å²) in [5, 5.41) is 19.6. The van der Waals surface area contributed by atoms with Crippen molar-refractivity contribution in [2.75, 3.05) is 19.7 Å². The number of piperidine rings is 1. The van der Waals surface area contributed by atoms with E-state index in [4.69, 9.17) is 4.74 Å². The third-order valence-electron chi connectivity index (χ3n) is 5.96. The Morgan fingerprint density at radius 3 is 2.72 bits per heavy atom. The second-order valence-corrected chi connectivity index (χ2v) is 7.66. The topological polar surface area (TPSA) is 82.9 Å². The minimum Gasteiger partial charge on any atom is -0.390 e. The van der Waals surface area contributed by atoms with Gasteiger partial charge in [0.15, 0.2) is 0 Å². The van der Waals surface area contributed by atoms with E-state index >= 15 is 0 Å². The smallest absolute Gasteiger partial charge is 0.255 e. The highest BCUT2D eigenvalue weighted by molar-refractivity contribution is 5.94. The molecule has 0 aromatic carbocycles. The molecule has 1 spiro atoms. The Bertz CT molecular complexity index is 655. The number of hydrogen-bond donors (Lipinski definition) is 2. The third kappa shape index (κ3) is 3.30. The van der Waals surface area contributed by atoms with Crippen LogP contribution in [-0.4, -0.2) is 63.5 Å². The Hall–Kier alpha value is -1.50. The van der Waals surface area contributed by atoms with Gasteiger partial charge in [0.25, 0.3) is 5.91 Å². The molecule has 25 heavy (non-hydrogen) atoms. The summed E-state index contributed by atoms with van der Waals surface area (Å²) in [7, 11) is 0. The van der Waals surface area contributed by atoms with E-state index in [1.807, 2.05) is 11.0 Å². The SMILES string of the molecule is O=C(c1cnc2c(c1)CCCC2)N1CCC2(CC1)C[C@@H](O)[C@@H](O)CO2. The van der Waals surface area contributed by atoms with Crippen LogP contribution in [0.3, 0.4) is 0 Å². The van der Waals surface area contributed by atoms with Crippen molar-refractivity contribution in [3.05, 3.63) is 29.1 Å². The Kier molecular flexibility index (Phi) is 4.52. The number of aromatic nitrogens is 1. The van der Waals surface area contributed by atoms with Gasteiger partial charge in [0.1, 0.15) is 6.10 Å². The summed E-state index contributed by atoms with van der Waals surface area (Å²) in [5.74, 6) is 0.0344. The molecule has 2 fully saturated rings. The van der Waals surface area contributed by atoms with E-state index < -0.39 is 17.8 Å². The highest BCUT2D eigenvalue weighted by atomic mass is 16.5. The molecule has 0 unspecified atom stereocenters. The second kappa shape index (κ2) is 6.67. The number of carbonyl (C=O) groups is 1. The summed E-state index contributed by atoms with van der Waals surface area (Å²) in [5.41, 5.74) is 2.64. The van der Waals surface area contributed by atoms with E-state index in [9.17, 15) is 15.0 Å². The van der Waals surface area contributed by atoms with Gasteiger partial charge in [-0.25, -0.2) is 0 Å². The van der Waals surface area contributed by atoms with Crippen molar-refractivity contribution in [3.8, 4) is 0 Å². The fraction of sp³-hybridized carbons (Fsp3) is 0.684. The summed E-state index contributed by atoms with van der Waals surface area (Å²) in [6.07, 6.45) is 6.40. The lowest BCUT2D eigenvalue weighted by Gasteiger charge is -2.46. The zero-order valence-corrected chi connectivity index (χ0v) is 14.5. The summed E-state index contributed by atoms with van der Waals surface area (Å²) < 4.78 is 5.84. The average molecular weight is 346 g/mol. The van der Waals surface area contributed by atoms with Gasteiger partial charge in [-0.15, -0.1) is 0 Å². The Morgan fingerprint density at radius 1 is 1.20 bits per heavy atom. The van der Waals surface area contributed by atoms with Crippen LogP contribution in [0.1, 0.15) is 53.7 Å². The van der Waals surface area contributed by atoms with Crippen LogP contribution in [0, 0.1) is 0 Å². The number of ether oxygens (including phenoxy) is 1. The molecule has 6 heteroatoms. The molecule has 2 saturated heterocycles. The first-order chi connectivity index (χ1) is 12.1. The normalized spacial score (nSPS) is 28.6. The standard InChI is InChI=1S/C19H26N2O4/c22-16-10-19(25-12-17(16)23)5-7-21(8-6-19)18(24)14-9-13-3-1-2-4-15(13)20-11-14/h9,11,16-17,22-23H,1-8,10,12H2/t16-,17+/m1/s1. The van der Waals surface area contributed by atoms with Crippen LogP contribution >= 0.6 is 0 Å². The van der Waals surface area contributed by atoms with Crippen LogP contribution in [0.4, 0.5) is 0 Å². The van der Waals surface area contributed by atoms with E-state index in [0.717, 1.165) is 18.5 Å². The van der Waals surface area contributed by atoms with Crippen molar-refractivity contribution in [1.29, 1.82) is 0 Å². The van der Waals surface area contributed by atoms with Gasteiger partial charge >= 0.3 is 0 Å². The lowest BCUT2D eigenvalue weighted by atomic mass is 9.82. The third-order valence-corrected chi connectivity index (χ3v) is 5.96. The van der Waals surface area contributed by atoms with E-state index in [2.05, 4.69) is 4.98 Å². The van der Waals surface area contributed by atoms with E-state index in [0.29, 0.717) is 37.9 Å². The van der Waals surface area contributed by atoms with E-state index in [1.165, 1.54) is 18.4 Å². The molecule has 2 atom stereocenters. The monoisotopic (exact) mass is 346 g/mol. The molecule has 6 nitrogen and oxygen atoms in total. The molecule has 4 rings (SSSR count). The fourth-order valence-electron chi connectivity index (χ4n) is 4.30. The molecule has 1 aromatic heterocycles. The quantitative estimate of drug-likeness (QED) is 0.795. The number of aliphatic hydroxyl groups is 2. The molecular weight excluding hydrogens is 320 g/mol. The molecular formula is C19H26N2O4. The number of hydrogen-bond acceptors (Lipinski definition) is 5. The van der Waals surface area contributed by atoms with Crippen LogP contribution in [-0.2, 0) is 17.6 Å². The predicted molar refractivity (Wildman–Crippen MR) is 91.3 cm³/mol. The Labute approximate surface area is 147 Å². The van der Waals surface area contributed by atoms with Crippen LogP contribution in [0.15, 0.2) is 12.3 Å². The first-order valence-electron chi connectivity index (χ1n) is 9.33. The van der Waals surface area contributed by atoms with Gasteiger partial charge in [-0.1, -0.05) is 0 Å². The minimum atomic E-state index is -0.799. The zero-order chi connectivity index (χ0) is 17.4. The molecule has 2 N–H and O–H groups in total. The van der Waals surface area contributed by atoms with Crippen LogP contribution < -0.4 is 0 Å². The van der Waals surface area contributed by atoms with Crippen molar-refractivity contribution in [2.45, 2.75) is 62.8 Å². The van der Waals surface area contributed by atoms with Crippen molar-refractivity contribution in [1.82, 2.24) is 9.88 Å². The van der Waals surface area contributed by atoms with Gasteiger partial charge in [0, 0.05) is 31.4 Å². The number of pyridine rings is 1. The number of nitrogens with zero attached hydrogens (tertiary/aromatic N) is 2. The maximum atomic E-state index is 12.8. The van der Waals surface area contributed by atoms with Crippen molar-refractivity contribution in [2.24, 2.45) is 0 Å². The summed E-state index contributed by atoms with van der Waals surface area (Å²) in [6.45, 7) is 1.39. The number of likely N-dealkylation sites (tertiary alicyclic amines) is 1. The summed E-state index contributed by atoms with van der Waals surface area (Å²) >= 11 is 0. The second-order valence-electron chi connectivity index (χ2n) is 7.66. The molecule has 3 aliphatic rings. The minimum absolute atomic E-state index is 0.0344. The maximum absolute atomic E-state index is 12.8. The number of amides is 1. The fourth-order valence-corrected chi connectivity index (χ4v) is 4.30. The summed E-state index contributed by atoms with van der Waals surface area (Å²) in [6, 6.07) is 2.02. The predicted octanol–water partition coefficient (Wildman–Crippen LogP) is 1.08. The lowest BCUT2D eigenvalue weighted by molar-refractivity contribution is -0.185. The highest BCUT2D eigenvalue weighted by Gasteiger charge is 2.43. The van der Waals surface area contributed by atoms with Gasteiger partial charge < -0.3 is 19.8 Å². The van der Waals surface area contributed by atoms with Gasteiger partial charge in [-0.3, -0.25) is 9.78 Å². The molecule has 1 aliphatic carbocycles. The van der Waals surface area contributed by atoms with E-state index in [1.54, 1.807) is 6.20 Å². The molecule has 136 valence electrons. The first-order valence-corrected chi connectivity index (χ1v) is 9.33. The number of fused-ring (bicyclic) bond motifs is 1. The first kappa shape index (κ1) is 16.9. The average Bonchev–Trinajstić information content (AvgIpc) is 2.65. The number of aliphatic hydroxyl groups excluding tert-OH is 2.